The minimum Gasteiger partial charge on any atom is -0.504 e. The molecule has 1 fully saturated rings. The molecule has 0 radical (unpaired) electrons. The number of nitrogens with zero attached hydrogens (tertiary/aromatic N) is 3. The van der Waals surface area contributed by atoms with E-state index < -0.39 is 23.8 Å². The van der Waals surface area contributed by atoms with E-state index in [2.05, 4.69) is 10.2 Å². The number of esters is 1. The van der Waals surface area contributed by atoms with Gasteiger partial charge in [0.05, 0.1) is 26.0 Å². The number of piperazine rings is 1. The number of para-hydroxylation sites is 2. The summed E-state index contributed by atoms with van der Waals surface area (Å²) in [6.07, 6.45) is 0. The summed E-state index contributed by atoms with van der Waals surface area (Å²) >= 11 is 0. The van der Waals surface area contributed by atoms with Crippen molar-refractivity contribution in [3.8, 4) is 17.2 Å². The standard InChI is InChI=1S/C26H32N4O6/c1-4-35-21-16-17(10-11-19(21)31)23-22(25(33)36-5-2)24(32)28-26(27-23)30-14-12-29(13-15-30)18-8-6-7-9-20(18)34-3/h6-11,16,22-23,31H,4-5,12-15H2,1-3H3,(H,27,28,32)/t22-,23+/m1/s1. The molecule has 1 amide bonds. The third-order valence-corrected chi connectivity index (χ3v) is 6.27. The van der Waals surface area contributed by atoms with Gasteiger partial charge >= 0.3 is 5.97 Å². The molecular weight excluding hydrogens is 464 g/mol. The first kappa shape index (κ1) is 25.2. The number of guanidine groups is 1. The van der Waals surface area contributed by atoms with Crippen LogP contribution in [-0.4, -0.2) is 74.3 Å². The lowest BCUT2D eigenvalue weighted by atomic mass is 9.91. The van der Waals surface area contributed by atoms with E-state index in [0.29, 0.717) is 44.3 Å². The lowest BCUT2D eigenvalue weighted by Gasteiger charge is -2.40. The molecule has 192 valence electrons. The maximum absolute atomic E-state index is 13.2. The van der Waals surface area contributed by atoms with Gasteiger partial charge in [-0.05, 0) is 43.7 Å². The summed E-state index contributed by atoms with van der Waals surface area (Å²) in [5, 5.41) is 13.0. The number of carbonyl (C=O) groups is 2. The lowest BCUT2D eigenvalue weighted by Crippen LogP contribution is -2.57. The number of benzene rings is 2. The number of methoxy groups -OCH3 is 1. The summed E-state index contributed by atoms with van der Waals surface area (Å²) in [5.41, 5.74) is 1.59. The number of aliphatic imine (C=N–C) groups is 1. The number of aromatic hydroxyl groups is 1. The highest BCUT2D eigenvalue weighted by molar-refractivity contribution is 6.08. The molecule has 2 aromatic carbocycles. The van der Waals surface area contributed by atoms with E-state index in [1.165, 1.54) is 6.07 Å². The van der Waals surface area contributed by atoms with Crippen LogP contribution in [-0.2, 0) is 14.3 Å². The minimum atomic E-state index is -1.15. The Bertz CT molecular complexity index is 1130. The Balaban J connectivity index is 1.60. The Labute approximate surface area is 210 Å². The van der Waals surface area contributed by atoms with Gasteiger partial charge in [-0.2, -0.15) is 0 Å². The van der Waals surface area contributed by atoms with Gasteiger partial charge in [0.25, 0.3) is 0 Å². The van der Waals surface area contributed by atoms with Crippen LogP contribution in [0.2, 0.25) is 0 Å². The smallest absolute Gasteiger partial charge is 0.321 e. The van der Waals surface area contributed by atoms with E-state index in [1.54, 1.807) is 26.2 Å². The minimum absolute atomic E-state index is 0.0230. The molecule has 0 bridgehead atoms. The fourth-order valence-corrected chi connectivity index (χ4v) is 4.50. The first-order chi connectivity index (χ1) is 17.5. The number of anilines is 1. The summed E-state index contributed by atoms with van der Waals surface area (Å²) in [5.74, 6) is -0.796. The average molecular weight is 497 g/mol. The first-order valence-electron chi connectivity index (χ1n) is 12.1. The fourth-order valence-electron chi connectivity index (χ4n) is 4.50. The molecule has 2 aliphatic rings. The highest BCUT2D eigenvalue weighted by Crippen LogP contribution is 2.36. The Kier molecular flexibility index (Phi) is 7.82. The van der Waals surface area contributed by atoms with Crippen LogP contribution < -0.4 is 19.7 Å². The van der Waals surface area contributed by atoms with Crippen LogP contribution in [0.5, 0.6) is 17.2 Å². The molecule has 0 aromatic heterocycles. The molecular formula is C26H32N4O6. The Hall–Kier alpha value is -3.95. The van der Waals surface area contributed by atoms with Crippen molar-refractivity contribution >= 4 is 23.5 Å². The third kappa shape index (κ3) is 5.17. The van der Waals surface area contributed by atoms with Gasteiger partial charge < -0.3 is 29.1 Å². The van der Waals surface area contributed by atoms with Crippen LogP contribution >= 0.6 is 0 Å². The van der Waals surface area contributed by atoms with Crippen LogP contribution in [0, 0.1) is 5.92 Å². The zero-order valence-corrected chi connectivity index (χ0v) is 20.8. The van der Waals surface area contributed by atoms with Crippen molar-refractivity contribution in [2.24, 2.45) is 10.9 Å². The normalized spacial score (nSPS) is 19.9. The molecule has 2 N–H and O–H groups in total. The molecule has 1 saturated heterocycles. The van der Waals surface area contributed by atoms with Gasteiger partial charge in [-0.3, -0.25) is 14.9 Å². The zero-order chi connectivity index (χ0) is 25.7. The van der Waals surface area contributed by atoms with Crippen molar-refractivity contribution in [2.75, 3.05) is 51.4 Å². The fraction of sp³-hybridized carbons (Fsp3) is 0.423. The first-order valence-corrected chi connectivity index (χ1v) is 12.1. The van der Waals surface area contributed by atoms with E-state index in [-0.39, 0.29) is 18.1 Å². The number of phenolic OH excluding ortho intramolecular Hbond substituents is 1. The van der Waals surface area contributed by atoms with Gasteiger partial charge in [-0.15, -0.1) is 0 Å². The maximum atomic E-state index is 13.2. The van der Waals surface area contributed by atoms with Gasteiger partial charge in [0.2, 0.25) is 11.9 Å². The second-order valence-electron chi connectivity index (χ2n) is 8.42. The maximum Gasteiger partial charge on any atom is 0.321 e. The van der Waals surface area contributed by atoms with Crippen molar-refractivity contribution in [3.63, 3.8) is 0 Å². The Morgan fingerprint density at radius 3 is 2.47 bits per heavy atom. The largest absolute Gasteiger partial charge is 0.504 e. The molecule has 0 aliphatic carbocycles. The molecule has 2 aliphatic heterocycles. The van der Waals surface area contributed by atoms with Crippen LogP contribution in [0.15, 0.2) is 47.5 Å². The van der Waals surface area contributed by atoms with Crippen LogP contribution in [0.25, 0.3) is 0 Å². The number of rotatable bonds is 7. The van der Waals surface area contributed by atoms with Crippen molar-refractivity contribution in [1.29, 1.82) is 0 Å². The lowest BCUT2D eigenvalue weighted by molar-refractivity contribution is -0.153. The highest BCUT2D eigenvalue weighted by Gasteiger charge is 2.42. The van der Waals surface area contributed by atoms with Gasteiger partial charge in [0.1, 0.15) is 11.8 Å². The number of nitrogens with one attached hydrogen (secondary N) is 1. The van der Waals surface area contributed by atoms with Crippen LogP contribution in [0.3, 0.4) is 0 Å². The van der Waals surface area contributed by atoms with E-state index >= 15 is 0 Å². The molecule has 2 heterocycles. The zero-order valence-electron chi connectivity index (χ0n) is 20.8. The molecule has 0 saturated carbocycles. The topological polar surface area (TPSA) is 113 Å². The SMILES string of the molecule is CCOC(=O)[C@H]1C(=O)NC(N2CCN(c3ccccc3OC)CC2)=N[C@H]1c1ccc(O)c(OCC)c1. The van der Waals surface area contributed by atoms with E-state index in [1.807, 2.05) is 36.1 Å². The summed E-state index contributed by atoms with van der Waals surface area (Å²) in [7, 11) is 1.65. The van der Waals surface area contributed by atoms with Crippen molar-refractivity contribution in [2.45, 2.75) is 19.9 Å². The predicted molar refractivity (Wildman–Crippen MR) is 134 cm³/mol. The molecule has 2 aromatic rings. The van der Waals surface area contributed by atoms with Gasteiger partial charge in [0.15, 0.2) is 17.4 Å². The van der Waals surface area contributed by atoms with E-state index in [9.17, 15) is 14.7 Å². The summed E-state index contributed by atoms with van der Waals surface area (Å²) in [6.45, 7) is 6.65. The Morgan fingerprint density at radius 2 is 1.78 bits per heavy atom. The number of amides is 1. The van der Waals surface area contributed by atoms with E-state index in [0.717, 1.165) is 11.4 Å². The molecule has 0 spiro atoms. The van der Waals surface area contributed by atoms with Gasteiger partial charge in [-0.25, -0.2) is 4.99 Å². The molecule has 10 nitrogen and oxygen atoms in total. The number of hydrogen-bond acceptors (Lipinski definition) is 9. The monoisotopic (exact) mass is 496 g/mol. The average Bonchev–Trinajstić information content (AvgIpc) is 2.89. The quantitative estimate of drug-likeness (QED) is 0.444. The van der Waals surface area contributed by atoms with Crippen molar-refractivity contribution < 1.29 is 28.9 Å². The van der Waals surface area contributed by atoms with Crippen LogP contribution in [0.1, 0.15) is 25.5 Å². The highest BCUT2D eigenvalue weighted by atomic mass is 16.5. The van der Waals surface area contributed by atoms with Crippen molar-refractivity contribution in [1.82, 2.24) is 10.2 Å². The Morgan fingerprint density at radius 1 is 1.06 bits per heavy atom. The van der Waals surface area contributed by atoms with Crippen molar-refractivity contribution in [3.05, 3.63) is 48.0 Å². The molecule has 36 heavy (non-hydrogen) atoms. The van der Waals surface area contributed by atoms with Gasteiger partial charge in [-0.1, -0.05) is 18.2 Å². The number of phenols is 1. The van der Waals surface area contributed by atoms with Crippen LogP contribution in [0.4, 0.5) is 5.69 Å². The van der Waals surface area contributed by atoms with Gasteiger partial charge in [0, 0.05) is 26.2 Å². The number of carbonyl (C=O) groups excluding carboxylic acids is 2. The van der Waals surface area contributed by atoms with E-state index in [4.69, 9.17) is 19.2 Å². The third-order valence-electron chi connectivity index (χ3n) is 6.27. The summed E-state index contributed by atoms with van der Waals surface area (Å²) in [4.78, 5) is 34.9. The molecule has 0 unspecified atom stereocenters. The summed E-state index contributed by atoms with van der Waals surface area (Å²) < 4.78 is 16.2. The second kappa shape index (κ2) is 11.2. The predicted octanol–water partition coefficient (Wildman–Crippen LogP) is 2.33. The molecule has 2 atom stereocenters. The number of ether oxygens (including phenoxy) is 3. The second-order valence-corrected chi connectivity index (χ2v) is 8.42. The number of hydrogen-bond donors (Lipinski definition) is 2. The summed E-state index contributed by atoms with van der Waals surface area (Å²) in [6, 6.07) is 11.8. The molecule has 10 heteroatoms. The molecule has 4 rings (SSSR count).